The quantitative estimate of drug-likeness (QED) is 0.803. The van der Waals surface area contributed by atoms with Gasteiger partial charge in [0.25, 0.3) is 0 Å². The van der Waals surface area contributed by atoms with E-state index in [4.69, 9.17) is 28.3 Å². The van der Waals surface area contributed by atoms with Gasteiger partial charge < -0.3 is 5.11 Å². The lowest BCUT2D eigenvalue weighted by Gasteiger charge is -2.04. The predicted molar refractivity (Wildman–Crippen MR) is 79.2 cm³/mol. The highest BCUT2D eigenvalue weighted by atomic mass is 35.5. The summed E-state index contributed by atoms with van der Waals surface area (Å²) in [4.78, 5) is 15.2. The third-order valence-electron chi connectivity index (χ3n) is 3.03. The van der Waals surface area contributed by atoms with Crippen LogP contribution in [-0.4, -0.2) is 25.7 Å². The number of aromatic nitrogens is 3. The van der Waals surface area contributed by atoms with Crippen molar-refractivity contribution in [3.63, 3.8) is 0 Å². The number of hydrogen-bond donors (Lipinski definition) is 1. The summed E-state index contributed by atoms with van der Waals surface area (Å²) in [7, 11) is 0. The third kappa shape index (κ3) is 2.70. The Morgan fingerprint density at radius 1 is 1.19 bits per heavy atom. The first-order chi connectivity index (χ1) is 10.0. The normalized spacial score (nSPS) is 11.0. The summed E-state index contributed by atoms with van der Waals surface area (Å²) in [6.45, 7) is 0. The smallest absolute Gasteiger partial charge is 0.341 e. The van der Waals surface area contributed by atoms with Crippen molar-refractivity contribution in [2.75, 3.05) is 0 Å². The lowest BCUT2D eigenvalue weighted by molar-refractivity contribution is 0.0698. The molecule has 7 heteroatoms. The zero-order valence-corrected chi connectivity index (χ0v) is 12.1. The number of carboxylic acids is 1. The molecule has 21 heavy (non-hydrogen) atoms. The molecule has 2 heterocycles. The molecule has 0 spiro atoms. The second kappa shape index (κ2) is 5.35. The van der Waals surface area contributed by atoms with Gasteiger partial charge in [-0.25, -0.2) is 14.3 Å². The van der Waals surface area contributed by atoms with Crippen molar-refractivity contribution in [2.45, 2.75) is 6.42 Å². The van der Waals surface area contributed by atoms with Crippen molar-refractivity contribution in [1.82, 2.24) is 14.6 Å². The highest BCUT2D eigenvalue weighted by molar-refractivity contribution is 6.42. The Balaban J connectivity index is 1.94. The average molecular weight is 322 g/mol. The fourth-order valence-electron chi connectivity index (χ4n) is 2.04. The maximum atomic E-state index is 11.0. The van der Waals surface area contributed by atoms with Crippen LogP contribution >= 0.6 is 23.2 Å². The van der Waals surface area contributed by atoms with E-state index in [1.54, 1.807) is 24.5 Å². The van der Waals surface area contributed by atoms with Crippen molar-refractivity contribution in [1.29, 1.82) is 0 Å². The number of aromatic carboxylic acids is 1. The molecule has 5 nitrogen and oxygen atoms in total. The van der Waals surface area contributed by atoms with Crippen LogP contribution in [0.2, 0.25) is 10.0 Å². The molecule has 0 saturated heterocycles. The Hall–Kier alpha value is -2.11. The van der Waals surface area contributed by atoms with E-state index in [2.05, 4.69) is 10.1 Å². The van der Waals surface area contributed by atoms with E-state index in [1.807, 2.05) is 6.07 Å². The SMILES string of the molecule is O=C(O)c1cnn2cc(Cc3ccc(Cl)c(Cl)c3)cnc12. The molecular weight excluding hydrogens is 313 g/mol. The second-order valence-electron chi connectivity index (χ2n) is 4.52. The molecule has 1 N–H and O–H groups in total. The van der Waals surface area contributed by atoms with Crippen molar-refractivity contribution in [3.8, 4) is 0 Å². The fourth-order valence-corrected chi connectivity index (χ4v) is 2.36. The minimum atomic E-state index is -1.05. The molecular formula is C14H9Cl2N3O2. The molecule has 0 unspecified atom stereocenters. The van der Waals surface area contributed by atoms with Crippen molar-refractivity contribution in [2.24, 2.45) is 0 Å². The summed E-state index contributed by atoms with van der Waals surface area (Å²) in [5, 5.41) is 14.0. The summed E-state index contributed by atoms with van der Waals surface area (Å²) in [6, 6.07) is 5.41. The molecule has 0 aliphatic rings. The van der Waals surface area contributed by atoms with Gasteiger partial charge in [-0.15, -0.1) is 0 Å². The molecule has 0 fully saturated rings. The highest BCUT2D eigenvalue weighted by Crippen LogP contribution is 2.23. The van der Waals surface area contributed by atoms with Gasteiger partial charge in [-0.3, -0.25) is 0 Å². The molecule has 0 aliphatic carbocycles. The number of fused-ring (bicyclic) bond motifs is 1. The number of halogens is 2. The first kappa shape index (κ1) is 13.9. The molecule has 0 radical (unpaired) electrons. The number of hydrogen-bond acceptors (Lipinski definition) is 3. The first-order valence-corrected chi connectivity index (χ1v) is 6.79. The number of carbonyl (C=O) groups is 1. The highest BCUT2D eigenvalue weighted by Gasteiger charge is 2.12. The zero-order valence-electron chi connectivity index (χ0n) is 10.6. The maximum absolute atomic E-state index is 11.0. The standard InChI is InChI=1S/C14H9Cl2N3O2/c15-11-2-1-8(4-12(11)16)3-9-5-17-13-10(14(20)21)6-18-19(13)7-9/h1-2,4-7H,3H2,(H,20,21). The van der Waals surface area contributed by atoms with Gasteiger partial charge in [-0.2, -0.15) is 5.10 Å². The van der Waals surface area contributed by atoms with E-state index in [9.17, 15) is 4.79 Å². The average Bonchev–Trinajstić information content (AvgIpc) is 2.86. The van der Waals surface area contributed by atoms with Crippen molar-refractivity contribution < 1.29 is 9.90 Å². The molecule has 3 rings (SSSR count). The van der Waals surface area contributed by atoms with Crippen LogP contribution in [0.5, 0.6) is 0 Å². The molecule has 0 amide bonds. The van der Waals surface area contributed by atoms with Crippen LogP contribution in [0.1, 0.15) is 21.5 Å². The zero-order chi connectivity index (χ0) is 15.0. The Morgan fingerprint density at radius 2 is 2.00 bits per heavy atom. The minimum Gasteiger partial charge on any atom is -0.477 e. The Kier molecular flexibility index (Phi) is 3.53. The van der Waals surface area contributed by atoms with Gasteiger partial charge in [-0.1, -0.05) is 29.3 Å². The first-order valence-electron chi connectivity index (χ1n) is 6.04. The van der Waals surface area contributed by atoms with Gasteiger partial charge in [0.15, 0.2) is 5.65 Å². The number of nitrogens with zero attached hydrogens (tertiary/aromatic N) is 3. The molecule has 0 aliphatic heterocycles. The summed E-state index contributed by atoms with van der Waals surface area (Å²) in [5.41, 5.74) is 2.27. The number of carboxylic acid groups (broad SMARTS) is 1. The Labute approximate surface area is 129 Å². The van der Waals surface area contributed by atoms with Crippen LogP contribution in [0.3, 0.4) is 0 Å². The summed E-state index contributed by atoms with van der Waals surface area (Å²) in [5.74, 6) is -1.05. The summed E-state index contributed by atoms with van der Waals surface area (Å²) < 4.78 is 1.45. The van der Waals surface area contributed by atoms with E-state index < -0.39 is 5.97 Å². The third-order valence-corrected chi connectivity index (χ3v) is 3.77. The van der Waals surface area contributed by atoms with Gasteiger partial charge in [0.1, 0.15) is 5.56 Å². The topological polar surface area (TPSA) is 67.5 Å². The van der Waals surface area contributed by atoms with Crippen LogP contribution < -0.4 is 0 Å². The molecule has 106 valence electrons. The molecule has 3 aromatic rings. The van der Waals surface area contributed by atoms with Crippen LogP contribution in [0, 0.1) is 0 Å². The van der Waals surface area contributed by atoms with Gasteiger partial charge in [0.2, 0.25) is 0 Å². The summed E-state index contributed by atoms with van der Waals surface area (Å²) >= 11 is 11.9. The number of rotatable bonds is 3. The molecule has 2 aromatic heterocycles. The van der Waals surface area contributed by atoms with Crippen LogP contribution in [0.25, 0.3) is 5.65 Å². The lowest BCUT2D eigenvalue weighted by atomic mass is 10.1. The predicted octanol–water partition coefficient (Wildman–Crippen LogP) is 3.33. The Morgan fingerprint density at radius 3 is 2.71 bits per heavy atom. The molecule has 1 aromatic carbocycles. The molecule has 0 saturated carbocycles. The van der Waals surface area contributed by atoms with E-state index >= 15 is 0 Å². The van der Waals surface area contributed by atoms with Crippen molar-refractivity contribution in [3.05, 3.63) is 63.5 Å². The second-order valence-corrected chi connectivity index (χ2v) is 5.33. The van der Waals surface area contributed by atoms with Crippen LogP contribution in [-0.2, 0) is 6.42 Å². The van der Waals surface area contributed by atoms with Gasteiger partial charge in [-0.05, 0) is 23.3 Å². The monoisotopic (exact) mass is 321 g/mol. The van der Waals surface area contributed by atoms with Crippen LogP contribution in [0.4, 0.5) is 0 Å². The van der Waals surface area contributed by atoms with Crippen LogP contribution in [0.15, 0.2) is 36.8 Å². The van der Waals surface area contributed by atoms with Gasteiger partial charge in [0, 0.05) is 18.8 Å². The largest absolute Gasteiger partial charge is 0.477 e. The van der Waals surface area contributed by atoms with Gasteiger partial charge >= 0.3 is 5.97 Å². The molecule has 0 bridgehead atoms. The number of benzene rings is 1. The lowest BCUT2D eigenvalue weighted by Crippen LogP contribution is -1.99. The van der Waals surface area contributed by atoms with E-state index in [1.165, 1.54) is 10.7 Å². The fraction of sp³-hybridized carbons (Fsp3) is 0.0714. The van der Waals surface area contributed by atoms with Crippen molar-refractivity contribution >= 4 is 34.8 Å². The Bertz CT molecular complexity index is 845. The van der Waals surface area contributed by atoms with E-state index in [-0.39, 0.29) is 5.56 Å². The minimum absolute atomic E-state index is 0.0797. The summed E-state index contributed by atoms with van der Waals surface area (Å²) in [6.07, 6.45) is 5.26. The maximum Gasteiger partial charge on any atom is 0.341 e. The van der Waals surface area contributed by atoms with Gasteiger partial charge in [0.05, 0.1) is 16.2 Å². The molecule has 0 atom stereocenters. The van der Waals surface area contributed by atoms with E-state index in [0.29, 0.717) is 22.1 Å². The van der Waals surface area contributed by atoms with E-state index in [0.717, 1.165) is 11.1 Å².